The van der Waals surface area contributed by atoms with Gasteiger partial charge in [0, 0.05) is 0 Å². The van der Waals surface area contributed by atoms with Crippen molar-refractivity contribution in [1.82, 2.24) is 0 Å². The Kier molecular flexibility index (Phi) is 7.06. The zero-order valence-corrected chi connectivity index (χ0v) is 14.4. The van der Waals surface area contributed by atoms with Crippen LogP contribution in [0.3, 0.4) is 0 Å². The molecule has 1 aliphatic rings. The SMILES string of the molecule is CC[C@H](C[C@H]1CC[C@@H]([C@H](C)C(=O)OC)O1)OCc1ccccc1. The fourth-order valence-electron chi connectivity index (χ4n) is 3.05. The van der Waals surface area contributed by atoms with E-state index in [1.807, 2.05) is 25.1 Å². The highest BCUT2D eigenvalue weighted by Crippen LogP contribution is 2.29. The van der Waals surface area contributed by atoms with Crippen molar-refractivity contribution in [3.8, 4) is 0 Å². The minimum atomic E-state index is -0.199. The molecule has 0 aliphatic carbocycles. The lowest BCUT2D eigenvalue weighted by molar-refractivity contribution is -0.150. The Morgan fingerprint density at radius 2 is 2.04 bits per heavy atom. The molecule has 23 heavy (non-hydrogen) atoms. The lowest BCUT2D eigenvalue weighted by atomic mass is 10.0. The average Bonchev–Trinajstić information content (AvgIpc) is 3.06. The Labute approximate surface area is 139 Å². The Morgan fingerprint density at radius 3 is 2.70 bits per heavy atom. The first-order valence-electron chi connectivity index (χ1n) is 8.52. The van der Waals surface area contributed by atoms with Crippen LogP contribution in [0.15, 0.2) is 30.3 Å². The van der Waals surface area contributed by atoms with Gasteiger partial charge in [0.25, 0.3) is 0 Å². The summed E-state index contributed by atoms with van der Waals surface area (Å²) in [5.41, 5.74) is 1.19. The molecule has 0 aromatic heterocycles. The Balaban J connectivity index is 1.77. The molecule has 1 saturated heterocycles. The van der Waals surface area contributed by atoms with Gasteiger partial charge in [-0.05, 0) is 38.2 Å². The van der Waals surface area contributed by atoms with Crippen molar-refractivity contribution >= 4 is 5.97 Å². The maximum Gasteiger partial charge on any atom is 0.311 e. The van der Waals surface area contributed by atoms with Crippen LogP contribution in [0.4, 0.5) is 0 Å². The van der Waals surface area contributed by atoms with Gasteiger partial charge >= 0.3 is 5.97 Å². The zero-order chi connectivity index (χ0) is 16.7. The summed E-state index contributed by atoms with van der Waals surface area (Å²) in [4.78, 5) is 11.6. The number of carbonyl (C=O) groups is 1. The number of esters is 1. The third kappa shape index (κ3) is 5.33. The smallest absolute Gasteiger partial charge is 0.311 e. The third-order valence-corrected chi connectivity index (χ3v) is 4.58. The molecule has 1 fully saturated rings. The van der Waals surface area contributed by atoms with Crippen LogP contribution < -0.4 is 0 Å². The molecular formula is C19H28O4. The molecule has 4 heteroatoms. The summed E-state index contributed by atoms with van der Waals surface area (Å²) in [5.74, 6) is -0.390. The largest absolute Gasteiger partial charge is 0.469 e. The van der Waals surface area contributed by atoms with Gasteiger partial charge in [-0.25, -0.2) is 0 Å². The van der Waals surface area contributed by atoms with Crippen molar-refractivity contribution in [2.45, 2.75) is 64.4 Å². The van der Waals surface area contributed by atoms with Crippen molar-refractivity contribution in [3.63, 3.8) is 0 Å². The van der Waals surface area contributed by atoms with E-state index in [-0.39, 0.29) is 30.2 Å². The summed E-state index contributed by atoms with van der Waals surface area (Å²) in [6.07, 6.45) is 4.07. The second-order valence-electron chi connectivity index (χ2n) is 6.25. The number of carbonyl (C=O) groups excluding carboxylic acids is 1. The van der Waals surface area contributed by atoms with Crippen molar-refractivity contribution in [2.75, 3.05) is 7.11 Å². The van der Waals surface area contributed by atoms with E-state index < -0.39 is 0 Å². The van der Waals surface area contributed by atoms with Gasteiger partial charge in [0.15, 0.2) is 0 Å². The maximum atomic E-state index is 11.6. The van der Waals surface area contributed by atoms with Crippen molar-refractivity contribution in [2.24, 2.45) is 5.92 Å². The predicted octanol–water partition coefficient (Wildman–Crippen LogP) is 3.73. The topological polar surface area (TPSA) is 44.8 Å². The molecule has 0 amide bonds. The van der Waals surface area contributed by atoms with Crippen LogP contribution in [0.1, 0.15) is 45.1 Å². The number of hydrogen-bond donors (Lipinski definition) is 0. The number of hydrogen-bond acceptors (Lipinski definition) is 4. The van der Waals surface area contributed by atoms with E-state index in [9.17, 15) is 4.79 Å². The molecule has 2 rings (SSSR count). The number of benzene rings is 1. The van der Waals surface area contributed by atoms with E-state index in [1.54, 1.807) is 0 Å². The normalized spacial score (nSPS) is 23.4. The standard InChI is InChI=1S/C19H28O4/c1-4-16(22-13-15-8-6-5-7-9-15)12-17-10-11-18(23-17)14(2)19(20)21-3/h5-9,14,16-18H,4,10-13H2,1-3H3/t14-,16+,17+,18-/m0/s1. The van der Waals surface area contributed by atoms with Gasteiger partial charge in [-0.1, -0.05) is 37.3 Å². The molecule has 0 unspecified atom stereocenters. The van der Waals surface area contributed by atoms with Gasteiger partial charge in [-0.2, -0.15) is 0 Å². The van der Waals surface area contributed by atoms with E-state index in [2.05, 4.69) is 19.1 Å². The van der Waals surface area contributed by atoms with Gasteiger partial charge < -0.3 is 14.2 Å². The van der Waals surface area contributed by atoms with Crippen LogP contribution in [-0.2, 0) is 25.6 Å². The molecular weight excluding hydrogens is 292 g/mol. The molecule has 0 bridgehead atoms. The summed E-state index contributed by atoms with van der Waals surface area (Å²) in [5, 5.41) is 0. The van der Waals surface area contributed by atoms with Crippen LogP contribution in [0.25, 0.3) is 0 Å². The second kappa shape index (κ2) is 9.04. The van der Waals surface area contributed by atoms with Gasteiger partial charge in [0.1, 0.15) is 0 Å². The molecule has 4 nitrogen and oxygen atoms in total. The van der Waals surface area contributed by atoms with Crippen molar-refractivity contribution in [3.05, 3.63) is 35.9 Å². The maximum absolute atomic E-state index is 11.6. The van der Waals surface area contributed by atoms with Crippen LogP contribution in [-0.4, -0.2) is 31.4 Å². The van der Waals surface area contributed by atoms with Crippen molar-refractivity contribution in [1.29, 1.82) is 0 Å². The van der Waals surface area contributed by atoms with E-state index >= 15 is 0 Å². The molecule has 0 saturated carbocycles. The number of methoxy groups -OCH3 is 1. The lowest BCUT2D eigenvalue weighted by Gasteiger charge is -2.22. The highest BCUT2D eigenvalue weighted by atomic mass is 16.5. The third-order valence-electron chi connectivity index (χ3n) is 4.58. The zero-order valence-electron chi connectivity index (χ0n) is 14.4. The van der Waals surface area contributed by atoms with Crippen LogP contribution in [0.5, 0.6) is 0 Å². The fourth-order valence-corrected chi connectivity index (χ4v) is 3.05. The first-order valence-corrected chi connectivity index (χ1v) is 8.52. The molecule has 1 aliphatic heterocycles. The fraction of sp³-hybridized carbons (Fsp3) is 0.632. The lowest BCUT2D eigenvalue weighted by Crippen LogP contribution is -2.28. The first-order chi connectivity index (χ1) is 11.1. The summed E-state index contributed by atoms with van der Waals surface area (Å²) in [7, 11) is 1.43. The molecule has 1 aromatic rings. The summed E-state index contributed by atoms with van der Waals surface area (Å²) in [6, 6.07) is 10.2. The summed E-state index contributed by atoms with van der Waals surface area (Å²) in [6.45, 7) is 4.65. The van der Waals surface area contributed by atoms with Crippen LogP contribution in [0.2, 0.25) is 0 Å². The quantitative estimate of drug-likeness (QED) is 0.685. The summed E-state index contributed by atoms with van der Waals surface area (Å²) >= 11 is 0. The highest BCUT2D eigenvalue weighted by molar-refractivity contribution is 5.72. The van der Waals surface area contributed by atoms with E-state index in [4.69, 9.17) is 14.2 Å². The summed E-state index contributed by atoms with van der Waals surface area (Å²) < 4.78 is 16.9. The van der Waals surface area contributed by atoms with E-state index in [0.717, 1.165) is 25.7 Å². The molecule has 1 heterocycles. The van der Waals surface area contributed by atoms with E-state index in [0.29, 0.717) is 6.61 Å². The minimum absolute atomic E-state index is 0.0286. The average molecular weight is 320 g/mol. The Bertz CT molecular complexity index is 474. The number of rotatable bonds is 8. The minimum Gasteiger partial charge on any atom is -0.469 e. The van der Waals surface area contributed by atoms with Gasteiger partial charge in [-0.15, -0.1) is 0 Å². The number of ether oxygens (including phenoxy) is 3. The van der Waals surface area contributed by atoms with E-state index in [1.165, 1.54) is 12.7 Å². The molecule has 0 radical (unpaired) electrons. The monoisotopic (exact) mass is 320 g/mol. The van der Waals surface area contributed by atoms with Gasteiger partial charge in [0.2, 0.25) is 0 Å². The van der Waals surface area contributed by atoms with Gasteiger partial charge in [0.05, 0.1) is 37.9 Å². The van der Waals surface area contributed by atoms with Crippen molar-refractivity contribution < 1.29 is 19.0 Å². The van der Waals surface area contributed by atoms with Gasteiger partial charge in [-0.3, -0.25) is 4.79 Å². The first kappa shape index (κ1) is 18.0. The molecule has 0 N–H and O–H groups in total. The molecule has 0 spiro atoms. The highest BCUT2D eigenvalue weighted by Gasteiger charge is 2.34. The van der Waals surface area contributed by atoms with Crippen LogP contribution in [0, 0.1) is 5.92 Å². The Morgan fingerprint density at radius 1 is 1.30 bits per heavy atom. The second-order valence-corrected chi connectivity index (χ2v) is 6.25. The molecule has 4 atom stereocenters. The van der Waals surface area contributed by atoms with Crippen LogP contribution >= 0.6 is 0 Å². The Hall–Kier alpha value is -1.39. The molecule has 128 valence electrons. The predicted molar refractivity (Wildman–Crippen MR) is 89.0 cm³/mol. The molecule has 1 aromatic carbocycles.